The second kappa shape index (κ2) is 5.06. The molecule has 1 atom stereocenters. The van der Waals surface area contributed by atoms with Gasteiger partial charge in [0.1, 0.15) is 5.82 Å². The Morgan fingerprint density at radius 1 is 1.56 bits per heavy atom. The van der Waals surface area contributed by atoms with Crippen LogP contribution in [-0.4, -0.2) is 26.3 Å². The van der Waals surface area contributed by atoms with Crippen LogP contribution in [0.25, 0.3) is 0 Å². The van der Waals surface area contributed by atoms with Gasteiger partial charge in [-0.2, -0.15) is 0 Å². The fourth-order valence-corrected chi connectivity index (χ4v) is 2.36. The van der Waals surface area contributed by atoms with Crippen LogP contribution in [0, 0.1) is 11.7 Å². The fourth-order valence-electron chi connectivity index (χ4n) is 2.36. The van der Waals surface area contributed by atoms with Crippen molar-refractivity contribution in [3.63, 3.8) is 0 Å². The maximum atomic E-state index is 13.3. The van der Waals surface area contributed by atoms with E-state index in [9.17, 15) is 9.18 Å². The summed E-state index contributed by atoms with van der Waals surface area (Å²) in [6, 6.07) is 6.15. The minimum Gasteiger partial charge on any atom is -0.468 e. The number of ether oxygens (including phenoxy) is 2. The molecule has 1 saturated heterocycles. The Labute approximate surface area is 106 Å². The van der Waals surface area contributed by atoms with Gasteiger partial charge in [-0.15, -0.1) is 0 Å². The van der Waals surface area contributed by atoms with Gasteiger partial charge in [0, 0.05) is 5.92 Å². The first kappa shape index (κ1) is 13.0. The number of benzene rings is 1. The SMILES string of the molecule is COC(=O)C(C)(CC1COC1)c1cccc(F)c1. The van der Waals surface area contributed by atoms with Crippen molar-refractivity contribution in [1.82, 2.24) is 0 Å². The van der Waals surface area contributed by atoms with Gasteiger partial charge in [0.05, 0.1) is 25.7 Å². The van der Waals surface area contributed by atoms with E-state index >= 15 is 0 Å². The zero-order valence-electron chi connectivity index (χ0n) is 10.6. The lowest BCUT2D eigenvalue weighted by Gasteiger charge is -2.35. The van der Waals surface area contributed by atoms with Gasteiger partial charge >= 0.3 is 5.97 Å². The summed E-state index contributed by atoms with van der Waals surface area (Å²) in [7, 11) is 1.36. The Balaban J connectivity index is 2.30. The molecule has 0 bridgehead atoms. The molecule has 1 unspecified atom stereocenters. The Bertz CT molecular complexity index is 442. The lowest BCUT2D eigenvalue weighted by Crippen LogP contribution is -2.41. The monoisotopic (exact) mass is 252 g/mol. The van der Waals surface area contributed by atoms with Gasteiger partial charge in [-0.25, -0.2) is 4.39 Å². The highest BCUT2D eigenvalue weighted by molar-refractivity contribution is 5.82. The van der Waals surface area contributed by atoms with E-state index < -0.39 is 5.41 Å². The molecule has 1 heterocycles. The van der Waals surface area contributed by atoms with Crippen molar-refractivity contribution in [3.8, 4) is 0 Å². The highest BCUT2D eigenvalue weighted by Gasteiger charge is 2.40. The molecule has 0 spiro atoms. The minimum absolute atomic E-state index is 0.331. The van der Waals surface area contributed by atoms with Crippen molar-refractivity contribution in [2.24, 2.45) is 5.92 Å². The van der Waals surface area contributed by atoms with Crippen LogP contribution in [0.15, 0.2) is 24.3 Å². The highest BCUT2D eigenvalue weighted by Crippen LogP contribution is 2.35. The van der Waals surface area contributed by atoms with Gasteiger partial charge in [0.2, 0.25) is 0 Å². The van der Waals surface area contributed by atoms with E-state index in [0.29, 0.717) is 31.1 Å². The minimum atomic E-state index is -0.814. The van der Waals surface area contributed by atoms with Gasteiger partial charge in [-0.1, -0.05) is 12.1 Å². The molecule has 18 heavy (non-hydrogen) atoms. The Kier molecular flexibility index (Phi) is 3.66. The maximum absolute atomic E-state index is 13.3. The number of carbonyl (C=O) groups excluding carboxylic acids is 1. The van der Waals surface area contributed by atoms with Crippen LogP contribution in [0.2, 0.25) is 0 Å². The zero-order chi connectivity index (χ0) is 13.2. The molecule has 0 amide bonds. The molecule has 0 N–H and O–H groups in total. The van der Waals surface area contributed by atoms with E-state index in [4.69, 9.17) is 9.47 Å². The summed E-state index contributed by atoms with van der Waals surface area (Å²) in [6.45, 7) is 3.11. The first-order valence-electron chi connectivity index (χ1n) is 5.98. The smallest absolute Gasteiger partial charge is 0.316 e. The van der Waals surface area contributed by atoms with Crippen LogP contribution >= 0.6 is 0 Å². The molecule has 1 aromatic carbocycles. The second-order valence-electron chi connectivity index (χ2n) is 4.94. The van der Waals surface area contributed by atoms with Crippen LogP contribution in [0.3, 0.4) is 0 Å². The first-order chi connectivity index (χ1) is 8.56. The molecule has 1 aliphatic heterocycles. The van der Waals surface area contributed by atoms with Gasteiger partial charge < -0.3 is 9.47 Å². The second-order valence-corrected chi connectivity index (χ2v) is 4.94. The molecular formula is C14H17FO3. The number of methoxy groups -OCH3 is 1. The molecule has 98 valence electrons. The van der Waals surface area contributed by atoms with E-state index in [-0.39, 0.29) is 11.8 Å². The standard InChI is InChI=1S/C14H17FO3/c1-14(13(16)17-2,7-10-8-18-9-10)11-4-3-5-12(15)6-11/h3-6,10H,7-9H2,1-2H3. The number of esters is 1. The summed E-state index contributed by atoms with van der Waals surface area (Å²) in [4.78, 5) is 12.0. The predicted molar refractivity (Wildman–Crippen MR) is 64.7 cm³/mol. The Morgan fingerprint density at radius 2 is 2.28 bits per heavy atom. The van der Waals surface area contributed by atoms with Crippen LogP contribution < -0.4 is 0 Å². The third kappa shape index (κ3) is 2.38. The van der Waals surface area contributed by atoms with Gasteiger partial charge in [-0.3, -0.25) is 4.79 Å². The van der Waals surface area contributed by atoms with E-state index in [0.717, 1.165) is 0 Å². The topological polar surface area (TPSA) is 35.5 Å². The van der Waals surface area contributed by atoms with Crippen molar-refractivity contribution in [2.75, 3.05) is 20.3 Å². The summed E-state index contributed by atoms with van der Waals surface area (Å²) in [5, 5.41) is 0. The number of rotatable bonds is 4. The van der Waals surface area contributed by atoms with Crippen LogP contribution in [-0.2, 0) is 19.7 Å². The average Bonchev–Trinajstić information content (AvgIpc) is 2.32. The van der Waals surface area contributed by atoms with Gasteiger partial charge in [-0.05, 0) is 31.0 Å². The number of halogens is 1. The lowest BCUT2D eigenvalue weighted by atomic mass is 9.75. The van der Waals surface area contributed by atoms with Crippen LogP contribution in [0.4, 0.5) is 4.39 Å². The third-order valence-corrected chi connectivity index (χ3v) is 3.50. The summed E-state index contributed by atoms with van der Waals surface area (Å²) in [5.41, 5.74) is -0.160. The molecular weight excluding hydrogens is 235 g/mol. The Hall–Kier alpha value is -1.42. The van der Waals surface area contributed by atoms with Crippen LogP contribution in [0.5, 0.6) is 0 Å². The van der Waals surface area contributed by atoms with Crippen molar-refractivity contribution in [2.45, 2.75) is 18.8 Å². The molecule has 0 saturated carbocycles. The average molecular weight is 252 g/mol. The van der Waals surface area contributed by atoms with E-state index in [1.165, 1.54) is 19.2 Å². The molecule has 4 heteroatoms. The molecule has 1 fully saturated rings. The molecule has 0 aliphatic carbocycles. The molecule has 0 radical (unpaired) electrons. The molecule has 1 aliphatic rings. The molecule has 1 aromatic rings. The predicted octanol–water partition coefficient (Wildman–Crippen LogP) is 2.29. The number of hydrogen-bond acceptors (Lipinski definition) is 3. The zero-order valence-corrected chi connectivity index (χ0v) is 10.6. The summed E-state index contributed by atoms with van der Waals surface area (Å²) >= 11 is 0. The van der Waals surface area contributed by atoms with Crippen molar-refractivity contribution in [3.05, 3.63) is 35.6 Å². The molecule has 2 rings (SSSR count). The Morgan fingerprint density at radius 3 is 2.78 bits per heavy atom. The van der Waals surface area contributed by atoms with E-state index in [2.05, 4.69) is 0 Å². The molecule has 0 aromatic heterocycles. The number of carbonyl (C=O) groups is 1. The fraction of sp³-hybridized carbons (Fsp3) is 0.500. The van der Waals surface area contributed by atoms with Crippen molar-refractivity contribution < 1.29 is 18.7 Å². The third-order valence-electron chi connectivity index (χ3n) is 3.50. The first-order valence-corrected chi connectivity index (χ1v) is 5.98. The highest BCUT2D eigenvalue weighted by atomic mass is 19.1. The van der Waals surface area contributed by atoms with Crippen LogP contribution in [0.1, 0.15) is 18.9 Å². The van der Waals surface area contributed by atoms with Gasteiger partial charge in [0.25, 0.3) is 0 Å². The summed E-state index contributed by atoms with van der Waals surface area (Å²) in [5.74, 6) is -0.343. The summed E-state index contributed by atoms with van der Waals surface area (Å²) < 4.78 is 23.3. The van der Waals surface area contributed by atoms with E-state index in [1.807, 2.05) is 0 Å². The summed E-state index contributed by atoms with van der Waals surface area (Å²) in [6.07, 6.45) is 0.614. The largest absolute Gasteiger partial charge is 0.468 e. The normalized spacial score (nSPS) is 18.8. The van der Waals surface area contributed by atoms with Crippen molar-refractivity contribution >= 4 is 5.97 Å². The quantitative estimate of drug-likeness (QED) is 0.771. The number of hydrogen-bond donors (Lipinski definition) is 0. The van der Waals surface area contributed by atoms with Gasteiger partial charge in [0.15, 0.2) is 0 Å². The molecule has 3 nitrogen and oxygen atoms in total. The van der Waals surface area contributed by atoms with E-state index in [1.54, 1.807) is 19.1 Å². The maximum Gasteiger partial charge on any atom is 0.316 e. The van der Waals surface area contributed by atoms with Crippen molar-refractivity contribution in [1.29, 1.82) is 0 Å². The lowest BCUT2D eigenvalue weighted by molar-refractivity contribution is -0.149.